The van der Waals surface area contributed by atoms with E-state index in [2.05, 4.69) is 6.92 Å². The number of aliphatic hydroxyl groups is 1. The number of hydrogen-bond acceptors (Lipinski definition) is 6. The van der Waals surface area contributed by atoms with Gasteiger partial charge in [-0.05, 0) is 71.7 Å². The zero-order chi connectivity index (χ0) is 24.7. The topological polar surface area (TPSA) is 110 Å². The Labute approximate surface area is 203 Å². The number of phenolic OH excluding ortho intramolecular Hbond substituents is 4. The quantitative estimate of drug-likeness (QED) is 0.300. The normalized spacial score (nSPS) is 23.2. The lowest BCUT2D eigenvalue weighted by Crippen LogP contribution is -2.38. The van der Waals surface area contributed by atoms with Crippen LogP contribution in [0.1, 0.15) is 41.5 Å². The summed E-state index contributed by atoms with van der Waals surface area (Å²) in [5, 5.41) is 49.7. The fourth-order valence-electron chi connectivity index (χ4n) is 4.91. The summed E-state index contributed by atoms with van der Waals surface area (Å²) in [5.74, 6) is 0.533. The summed E-state index contributed by atoms with van der Waals surface area (Å²) in [6, 6.07) is 14.8. The van der Waals surface area contributed by atoms with E-state index in [4.69, 9.17) is 4.74 Å². The van der Waals surface area contributed by atoms with Gasteiger partial charge in [-0.15, -0.1) is 0 Å². The smallest absolute Gasteiger partial charge is 0.123 e. The molecule has 3 aromatic rings. The Morgan fingerprint density at radius 2 is 1.43 bits per heavy atom. The third kappa shape index (κ3) is 4.43. The van der Waals surface area contributed by atoms with Gasteiger partial charge < -0.3 is 30.3 Å². The molecular formula is C29H26O6. The van der Waals surface area contributed by atoms with Crippen molar-refractivity contribution in [3.8, 4) is 28.7 Å². The van der Waals surface area contributed by atoms with E-state index in [9.17, 15) is 25.5 Å². The average molecular weight is 471 g/mol. The Hall–Kier alpha value is -4.32. The molecule has 0 spiro atoms. The molecule has 3 atom stereocenters. The number of ether oxygens (including phenoxy) is 1. The molecule has 6 heteroatoms. The Bertz CT molecular complexity index is 1350. The summed E-state index contributed by atoms with van der Waals surface area (Å²) in [7, 11) is 0. The highest BCUT2D eigenvalue weighted by Crippen LogP contribution is 2.52. The van der Waals surface area contributed by atoms with Gasteiger partial charge in [-0.3, -0.25) is 0 Å². The maximum atomic E-state index is 10.2. The third-order valence-electron chi connectivity index (χ3n) is 6.64. The lowest BCUT2D eigenvalue weighted by atomic mass is 9.70. The molecule has 0 amide bonds. The van der Waals surface area contributed by atoms with Crippen molar-refractivity contribution in [2.75, 3.05) is 0 Å². The van der Waals surface area contributed by atoms with Gasteiger partial charge in [0, 0.05) is 23.1 Å². The molecule has 1 unspecified atom stereocenters. The molecule has 5 rings (SSSR count). The summed E-state index contributed by atoms with van der Waals surface area (Å²) in [6.07, 6.45) is 9.28. The molecule has 0 fully saturated rings. The Kier molecular flexibility index (Phi) is 5.44. The van der Waals surface area contributed by atoms with Crippen molar-refractivity contribution in [2.24, 2.45) is 5.41 Å². The molecule has 1 aliphatic carbocycles. The maximum absolute atomic E-state index is 10.2. The second-order valence-electron chi connectivity index (χ2n) is 9.38. The van der Waals surface area contributed by atoms with Crippen LogP contribution < -0.4 is 4.74 Å². The predicted molar refractivity (Wildman–Crippen MR) is 134 cm³/mol. The number of aromatic hydroxyl groups is 4. The van der Waals surface area contributed by atoms with Gasteiger partial charge in [-0.2, -0.15) is 0 Å². The van der Waals surface area contributed by atoms with Crippen LogP contribution >= 0.6 is 0 Å². The number of aliphatic hydroxyl groups excluding tert-OH is 1. The van der Waals surface area contributed by atoms with Gasteiger partial charge in [0.25, 0.3) is 0 Å². The van der Waals surface area contributed by atoms with E-state index in [1.807, 2.05) is 30.4 Å². The van der Waals surface area contributed by atoms with Crippen molar-refractivity contribution in [3.63, 3.8) is 0 Å². The monoisotopic (exact) mass is 470 g/mol. The summed E-state index contributed by atoms with van der Waals surface area (Å²) in [5.41, 5.74) is 2.73. The van der Waals surface area contributed by atoms with E-state index >= 15 is 0 Å². The number of fused-ring (bicyclic) bond motifs is 1. The molecule has 2 aliphatic rings. The molecule has 0 saturated carbocycles. The minimum Gasteiger partial charge on any atom is -0.508 e. The molecule has 0 aromatic heterocycles. The van der Waals surface area contributed by atoms with E-state index in [1.165, 1.54) is 12.1 Å². The highest BCUT2D eigenvalue weighted by atomic mass is 16.5. The van der Waals surface area contributed by atoms with Gasteiger partial charge in [0.2, 0.25) is 0 Å². The molecule has 5 N–H and O–H groups in total. The SMILES string of the molecule is CC1([C@H]2Oc3ccc(/C=C/c4cc(O)cc(O)c4)cc3[C@@H]2c2cc(O)cc(O)c2)C=CC(O)=CC1. The minimum atomic E-state index is -0.438. The lowest BCUT2D eigenvalue weighted by Gasteiger charge is -2.36. The lowest BCUT2D eigenvalue weighted by molar-refractivity contribution is 0.103. The molecule has 0 saturated heterocycles. The van der Waals surface area contributed by atoms with Crippen LogP contribution in [0.4, 0.5) is 0 Å². The molecule has 3 aromatic carbocycles. The van der Waals surface area contributed by atoms with E-state index in [0.29, 0.717) is 17.7 Å². The third-order valence-corrected chi connectivity index (χ3v) is 6.64. The Morgan fingerprint density at radius 3 is 2.06 bits per heavy atom. The molecule has 178 valence electrons. The summed E-state index contributed by atoms with van der Waals surface area (Å²) in [6.45, 7) is 2.06. The first kappa shape index (κ1) is 22.5. The van der Waals surface area contributed by atoms with Crippen molar-refractivity contribution < 1.29 is 30.3 Å². The number of allylic oxidation sites excluding steroid dienone is 2. The van der Waals surface area contributed by atoms with E-state index in [-0.39, 0.29) is 40.8 Å². The molecule has 0 bridgehead atoms. The first-order valence-electron chi connectivity index (χ1n) is 11.3. The average Bonchev–Trinajstić information content (AvgIpc) is 3.18. The zero-order valence-electron chi connectivity index (χ0n) is 19.1. The van der Waals surface area contributed by atoms with Gasteiger partial charge in [0.1, 0.15) is 40.6 Å². The van der Waals surface area contributed by atoms with Gasteiger partial charge in [0.15, 0.2) is 0 Å². The second-order valence-corrected chi connectivity index (χ2v) is 9.38. The number of phenols is 4. The summed E-state index contributed by atoms with van der Waals surface area (Å²) < 4.78 is 6.47. The van der Waals surface area contributed by atoms with E-state index in [1.54, 1.807) is 42.5 Å². The van der Waals surface area contributed by atoms with Crippen LogP contribution in [0.15, 0.2) is 78.6 Å². The van der Waals surface area contributed by atoms with E-state index < -0.39 is 5.41 Å². The van der Waals surface area contributed by atoms with Crippen LogP contribution in [-0.4, -0.2) is 31.6 Å². The molecule has 1 heterocycles. The first-order chi connectivity index (χ1) is 16.7. The fraction of sp³-hybridized carbons (Fsp3) is 0.172. The number of hydrogen-bond donors (Lipinski definition) is 5. The fourth-order valence-corrected chi connectivity index (χ4v) is 4.91. The van der Waals surface area contributed by atoms with E-state index in [0.717, 1.165) is 16.7 Å². The van der Waals surface area contributed by atoms with Gasteiger partial charge in [-0.1, -0.05) is 31.2 Å². The Balaban J connectivity index is 1.56. The van der Waals surface area contributed by atoms with Crippen LogP contribution in [0, 0.1) is 5.41 Å². The predicted octanol–water partition coefficient (Wildman–Crippen LogP) is 5.98. The van der Waals surface area contributed by atoms with Gasteiger partial charge in [0.05, 0.1) is 5.92 Å². The minimum absolute atomic E-state index is 0.0209. The highest BCUT2D eigenvalue weighted by molar-refractivity contribution is 5.72. The largest absolute Gasteiger partial charge is 0.508 e. The van der Waals surface area contributed by atoms with Gasteiger partial charge >= 0.3 is 0 Å². The van der Waals surface area contributed by atoms with Crippen molar-refractivity contribution in [2.45, 2.75) is 25.4 Å². The molecule has 1 aliphatic heterocycles. The zero-order valence-corrected chi connectivity index (χ0v) is 19.1. The van der Waals surface area contributed by atoms with Gasteiger partial charge in [-0.25, -0.2) is 0 Å². The summed E-state index contributed by atoms with van der Waals surface area (Å²) in [4.78, 5) is 0. The Morgan fingerprint density at radius 1 is 0.800 bits per heavy atom. The molecule has 6 nitrogen and oxygen atoms in total. The standard InChI is InChI=1S/C29H26O6/c1-29(8-6-20(30)7-9-29)28-27(19-13-23(33)16-24(34)14-19)25-12-17(4-5-26(25)35-28)2-3-18-10-21(31)15-22(32)11-18/h2-8,10-16,27-28,30-34H,9H2,1H3/b3-2+/t27-,28-,29?/m0/s1. The maximum Gasteiger partial charge on any atom is 0.123 e. The second kappa shape index (κ2) is 8.47. The van der Waals surface area contributed by atoms with Crippen LogP contribution in [0.3, 0.4) is 0 Å². The molecule has 35 heavy (non-hydrogen) atoms. The van der Waals surface area contributed by atoms with Crippen LogP contribution in [-0.2, 0) is 0 Å². The van der Waals surface area contributed by atoms with Crippen molar-refractivity contribution in [1.82, 2.24) is 0 Å². The van der Waals surface area contributed by atoms with Crippen molar-refractivity contribution in [3.05, 3.63) is 101 Å². The molecule has 0 radical (unpaired) electrons. The number of rotatable bonds is 4. The van der Waals surface area contributed by atoms with Crippen LogP contribution in [0.5, 0.6) is 28.7 Å². The molecular weight excluding hydrogens is 444 g/mol. The van der Waals surface area contributed by atoms with Crippen LogP contribution in [0.25, 0.3) is 12.2 Å². The summed E-state index contributed by atoms with van der Waals surface area (Å²) >= 11 is 0. The first-order valence-corrected chi connectivity index (χ1v) is 11.3. The van der Waals surface area contributed by atoms with Crippen molar-refractivity contribution in [1.29, 1.82) is 0 Å². The van der Waals surface area contributed by atoms with Crippen molar-refractivity contribution >= 4 is 12.2 Å². The van der Waals surface area contributed by atoms with Crippen LogP contribution in [0.2, 0.25) is 0 Å². The number of benzene rings is 3. The highest BCUT2D eigenvalue weighted by Gasteiger charge is 2.46.